The lowest BCUT2D eigenvalue weighted by Crippen LogP contribution is -2.22. The maximum atomic E-state index is 5.64. The highest BCUT2D eigenvalue weighted by Crippen LogP contribution is 2.28. The van der Waals surface area contributed by atoms with Gasteiger partial charge in [-0.15, -0.1) is 0 Å². The fraction of sp³-hybridized carbons (Fsp3) is 0.500. The van der Waals surface area contributed by atoms with Crippen molar-refractivity contribution >= 4 is 14.1 Å². The monoisotopic (exact) mass is 294 g/mol. The van der Waals surface area contributed by atoms with Gasteiger partial charge in [-0.1, -0.05) is 38.4 Å². The molecule has 1 aromatic rings. The predicted octanol–water partition coefficient (Wildman–Crippen LogP) is 4.42. The molecule has 0 spiro atoms. The van der Waals surface area contributed by atoms with Crippen molar-refractivity contribution in [1.29, 1.82) is 0 Å². The van der Waals surface area contributed by atoms with E-state index in [4.69, 9.17) is 14.2 Å². The van der Waals surface area contributed by atoms with E-state index in [0.29, 0.717) is 12.4 Å². The van der Waals surface area contributed by atoms with Gasteiger partial charge in [0.05, 0.1) is 6.61 Å². The molecule has 4 heteroatoms. The molecule has 0 atom stereocenters. The van der Waals surface area contributed by atoms with Crippen LogP contribution in [0.2, 0.25) is 25.7 Å². The van der Waals surface area contributed by atoms with E-state index in [2.05, 4.69) is 26.2 Å². The second-order valence-electron chi connectivity index (χ2n) is 5.82. The van der Waals surface area contributed by atoms with Crippen LogP contribution in [-0.2, 0) is 4.74 Å². The molecule has 1 rings (SSSR count). The fourth-order valence-electron chi connectivity index (χ4n) is 1.58. The van der Waals surface area contributed by atoms with Crippen molar-refractivity contribution in [3.8, 4) is 11.5 Å². The van der Waals surface area contributed by atoms with Crippen molar-refractivity contribution in [2.75, 3.05) is 20.0 Å². The van der Waals surface area contributed by atoms with E-state index in [1.54, 1.807) is 6.08 Å². The summed E-state index contributed by atoms with van der Waals surface area (Å²) in [5.41, 5.74) is 1.01. The first-order valence-corrected chi connectivity index (χ1v) is 10.8. The summed E-state index contributed by atoms with van der Waals surface area (Å²) in [5, 5.41) is 0. The van der Waals surface area contributed by atoms with Gasteiger partial charge in [0.25, 0.3) is 0 Å². The molecule has 0 aliphatic heterocycles. The Hall–Kier alpha value is -1.26. The average Bonchev–Trinajstić information content (AvgIpc) is 2.38. The third kappa shape index (κ3) is 6.26. The Morgan fingerprint density at radius 2 is 1.90 bits per heavy atom. The smallest absolute Gasteiger partial charge is 0.189 e. The molecule has 0 aliphatic carbocycles. The molecule has 112 valence electrons. The molecule has 0 N–H and O–H groups in total. The zero-order valence-corrected chi connectivity index (χ0v) is 14.1. The quantitative estimate of drug-likeness (QED) is 0.383. The van der Waals surface area contributed by atoms with Crippen molar-refractivity contribution < 1.29 is 14.2 Å². The van der Waals surface area contributed by atoms with Gasteiger partial charge in [-0.3, -0.25) is 0 Å². The number of rotatable bonds is 9. The van der Waals surface area contributed by atoms with Crippen molar-refractivity contribution in [1.82, 2.24) is 0 Å². The second-order valence-corrected chi connectivity index (χ2v) is 11.4. The van der Waals surface area contributed by atoms with Gasteiger partial charge in [0, 0.05) is 14.7 Å². The summed E-state index contributed by atoms with van der Waals surface area (Å²) in [6, 6.07) is 6.91. The standard InChI is InChI=1S/C16H26O3Si/c1-6-14-8-9-15(16(12-14)18-7-2)19-13-17-10-11-20(3,4)5/h6,8-9,12H,1,7,10-11,13H2,2-5H3. The Morgan fingerprint density at radius 3 is 2.50 bits per heavy atom. The Labute approximate surface area is 123 Å². The zero-order valence-electron chi connectivity index (χ0n) is 13.1. The molecule has 0 unspecified atom stereocenters. The molecule has 0 aliphatic rings. The van der Waals surface area contributed by atoms with E-state index < -0.39 is 8.07 Å². The summed E-state index contributed by atoms with van der Waals surface area (Å²) in [7, 11) is -1.04. The van der Waals surface area contributed by atoms with Crippen LogP contribution in [-0.4, -0.2) is 28.1 Å². The van der Waals surface area contributed by atoms with Crippen molar-refractivity contribution in [2.24, 2.45) is 0 Å². The molecule has 20 heavy (non-hydrogen) atoms. The molecule has 0 bridgehead atoms. The van der Waals surface area contributed by atoms with Gasteiger partial charge in [-0.05, 0) is 30.7 Å². The van der Waals surface area contributed by atoms with Crippen LogP contribution in [0, 0.1) is 0 Å². The highest BCUT2D eigenvalue weighted by molar-refractivity contribution is 6.76. The Balaban J connectivity index is 2.48. The molecule has 1 aromatic carbocycles. The topological polar surface area (TPSA) is 27.7 Å². The van der Waals surface area contributed by atoms with Crippen LogP contribution in [0.15, 0.2) is 24.8 Å². The predicted molar refractivity (Wildman–Crippen MR) is 87.3 cm³/mol. The minimum atomic E-state index is -1.04. The molecule has 3 nitrogen and oxygen atoms in total. The molecule has 0 fully saturated rings. The second kappa shape index (κ2) is 8.12. The first-order valence-electron chi connectivity index (χ1n) is 7.06. The number of ether oxygens (including phenoxy) is 3. The minimum Gasteiger partial charge on any atom is -0.490 e. The summed E-state index contributed by atoms with van der Waals surface area (Å²) >= 11 is 0. The molecule has 0 radical (unpaired) electrons. The molecular formula is C16H26O3Si. The van der Waals surface area contributed by atoms with E-state index in [-0.39, 0.29) is 6.79 Å². The van der Waals surface area contributed by atoms with Gasteiger partial charge in [-0.2, -0.15) is 0 Å². The Morgan fingerprint density at radius 1 is 1.15 bits per heavy atom. The third-order valence-electron chi connectivity index (χ3n) is 2.80. The van der Waals surface area contributed by atoms with E-state index in [0.717, 1.165) is 24.0 Å². The fourth-order valence-corrected chi connectivity index (χ4v) is 2.34. The summed E-state index contributed by atoms with van der Waals surface area (Å²) in [4.78, 5) is 0. The summed E-state index contributed by atoms with van der Waals surface area (Å²) < 4.78 is 16.7. The highest BCUT2D eigenvalue weighted by atomic mass is 28.3. The van der Waals surface area contributed by atoms with Crippen molar-refractivity contribution in [3.63, 3.8) is 0 Å². The van der Waals surface area contributed by atoms with Crippen LogP contribution in [0.5, 0.6) is 11.5 Å². The van der Waals surface area contributed by atoms with Gasteiger partial charge in [0.2, 0.25) is 0 Å². The average molecular weight is 294 g/mol. The van der Waals surface area contributed by atoms with Crippen LogP contribution < -0.4 is 9.47 Å². The maximum Gasteiger partial charge on any atom is 0.189 e. The highest BCUT2D eigenvalue weighted by Gasteiger charge is 2.12. The van der Waals surface area contributed by atoms with Crippen LogP contribution in [0.25, 0.3) is 6.08 Å². The summed E-state index contributed by atoms with van der Waals surface area (Å²) in [6.45, 7) is 14.3. The third-order valence-corrected chi connectivity index (χ3v) is 4.50. The summed E-state index contributed by atoms with van der Waals surface area (Å²) in [6.07, 6.45) is 1.79. The minimum absolute atomic E-state index is 0.262. The largest absolute Gasteiger partial charge is 0.490 e. The SMILES string of the molecule is C=Cc1ccc(OCOCC[Si](C)(C)C)c(OCC)c1. The zero-order chi connectivity index (χ0) is 15.0. The number of hydrogen-bond acceptors (Lipinski definition) is 3. The van der Waals surface area contributed by atoms with Gasteiger partial charge in [-0.25, -0.2) is 0 Å². The van der Waals surface area contributed by atoms with Crippen LogP contribution in [0.3, 0.4) is 0 Å². The van der Waals surface area contributed by atoms with Gasteiger partial charge in [0.15, 0.2) is 18.3 Å². The van der Waals surface area contributed by atoms with E-state index in [9.17, 15) is 0 Å². The molecular weight excluding hydrogens is 268 g/mol. The first-order chi connectivity index (χ1) is 9.46. The molecule has 0 saturated heterocycles. The van der Waals surface area contributed by atoms with Crippen molar-refractivity contribution in [3.05, 3.63) is 30.3 Å². The number of benzene rings is 1. The van der Waals surface area contributed by atoms with E-state index in [1.165, 1.54) is 0 Å². The van der Waals surface area contributed by atoms with Crippen LogP contribution >= 0.6 is 0 Å². The normalized spacial score (nSPS) is 11.2. The Bertz CT molecular complexity index is 424. The Kier molecular flexibility index (Phi) is 6.82. The van der Waals surface area contributed by atoms with E-state index >= 15 is 0 Å². The lowest BCUT2D eigenvalue weighted by Gasteiger charge is -2.16. The maximum absolute atomic E-state index is 5.64. The number of hydrogen-bond donors (Lipinski definition) is 0. The lowest BCUT2D eigenvalue weighted by atomic mass is 10.2. The molecule has 0 heterocycles. The van der Waals surface area contributed by atoms with Gasteiger partial charge >= 0.3 is 0 Å². The van der Waals surface area contributed by atoms with Gasteiger partial charge in [0.1, 0.15) is 0 Å². The molecule has 0 aromatic heterocycles. The van der Waals surface area contributed by atoms with Crippen LogP contribution in [0.4, 0.5) is 0 Å². The van der Waals surface area contributed by atoms with Crippen molar-refractivity contribution in [2.45, 2.75) is 32.6 Å². The van der Waals surface area contributed by atoms with Crippen LogP contribution in [0.1, 0.15) is 12.5 Å². The summed E-state index contributed by atoms with van der Waals surface area (Å²) in [5.74, 6) is 1.45. The van der Waals surface area contributed by atoms with E-state index in [1.807, 2.05) is 25.1 Å². The lowest BCUT2D eigenvalue weighted by molar-refractivity contribution is 0.0202. The van der Waals surface area contributed by atoms with Gasteiger partial charge < -0.3 is 14.2 Å². The molecule has 0 amide bonds. The molecule has 0 saturated carbocycles. The first kappa shape index (κ1) is 16.8.